The van der Waals surface area contributed by atoms with E-state index in [4.69, 9.17) is 16.3 Å². The Balaban J connectivity index is 1.38. The minimum atomic E-state index is -3.74. The minimum absolute atomic E-state index is 0.130. The number of hydrazone groups is 1. The number of para-hydroxylation sites is 1. The van der Waals surface area contributed by atoms with Crippen molar-refractivity contribution in [2.45, 2.75) is 4.90 Å². The van der Waals surface area contributed by atoms with Crippen molar-refractivity contribution >= 4 is 45.4 Å². The largest absolute Gasteiger partial charge is 0.422 e. The van der Waals surface area contributed by atoms with Crippen LogP contribution in [0.5, 0.6) is 5.75 Å². The molecule has 1 amide bonds. The molecule has 2 N–H and O–H groups in total. The molecule has 0 heterocycles. The van der Waals surface area contributed by atoms with Crippen LogP contribution in [-0.4, -0.2) is 26.5 Å². The summed E-state index contributed by atoms with van der Waals surface area (Å²) in [7, 11) is -3.74. The summed E-state index contributed by atoms with van der Waals surface area (Å²) >= 11 is 5.85. The number of nitrogens with one attached hydrogen (secondary N) is 2. The van der Waals surface area contributed by atoms with Gasteiger partial charge in [-0.3, -0.25) is 9.52 Å². The zero-order valence-electron chi connectivity index (χ0n) is 19.2. The number of nitrogens with zero attached hydrogens (tertiary/aromatic N) is 1. The zero-order valence-corrected chi connectivity index (χ0v) is 20.7. The summed E-state index contributed by atoms with van der Waals surface area (Å²) in [5.41, 5.74) is 3.77. The molecular weight excluding hydrogens is 514 g/mol. The van der Waals surface area contributed by atoms with E-state index in [1.807, 2.05) is 0 Å². The lowest BCUT2D eigenvalue weighted by Gasteiger charge is -2.09. The van der Waals surface area contributed by atoms with Crippen molar-refractivity contribution in [2.75, 3.05) is 4.72 Å². The van der Waals surface area contributed by atoms with Crippen LogP contribution in [0, 0.1) is 0 Å². The van der Waals surface area contributed by atoms with Gasteiger partial charge in [0.25, 0.3) is 15.9 Å². The number of rotatable bonds is 8. The number of halogens is 1. The lowest BCUT2D eigenvalue weighted by atomic mass is 10.2. The number of ether oxygens (including phenoxy) is 1. The lowest BCUT2D eigenvalue weighted by molar-refractivity contribution is 0.0734. The number of anilines is 1. The molecule has 0 atom stereocenters. The Morgan fingerprint density at radius 1 is 0.784 bits per heavy atom. The van der Waals surface area contributed by atoms with E-state index in [9.17, 15) is 18.0 Å². The smallest absolute Gasteiger partial charge is 0.343 e. The maximum Gasteiger partial charge on any atom is 0.343 e. The molecule has 0 spiro atoms. The SMILES string of the molecule is O=C(N/N=C\c1ccccc1OC(=O)c1ccc(Cl)cc1)c1ccc(NS(=O)(=O)c2ccccc2)cc1. The highest BCUT2D eigenvalue weighted by atomic mass is 35.5. The molecule has 0 aliphatic heterocycles. The van der Waals surface area contributed by atoms with E-state index >= 15 is 0 Å². The number of sulfonamides is 1. The molecular formula is C27H20ClN3O5S. The van der Waals surface area contributed by atoms with Crippen LogP contribution >= 0.6 is 11.6 Å². The average molecular weight is 534 g/mol. The predicted molar refractivity (Wildman–Crippen MR) is 142 cm³/mol. The molecule has 0 fully saturated rings. The molecule has 186 valence electrons. The maximum atomic E-state index is 12.5. The van der Waals surface area contributed by atoms with E-state index in [0.717, 1.165) is 0 Å². The van der Waals surface area contributed by atoms with E-state index in [0.29, 0.717) is 21.8 Å². The van der Waals surface area contributed by atoms with Crippen molar-refractivity contribution in [2.24, 2.45) is 5.10 Å². The van der Waals surface area contributed by atoms with E-state index in [-0.39, 0.29) is 16.2 Å². The topological polar surface area (TPSA) is 114 Å². The van der Waals surface area contributed by atoms with E-state index in [1.54, 1.807) is 66.7 Å². The van der Waals surface area contributed by atoms with Crippen molar-refractivity contribution in [3.8, 4) is 5.75 Å². The first-order valence-electron chi connectivity index (χ1n) is 10.9. The van der Waals surface area contributed by atoms with Gasteiger partial charge < -0.3 is 4.74 Å². The van der Waals surface area contributed by atoms with Crippen LogP contribution in [0.25, 0.3) is 0 Å². The van der Waals surface area contributed by atoms with Gasteiger partial charge in [-0.2, -0.15) is 5.10 Å². The van der Waals surface area contributed by atoms with Crippen LogP contribution in [0.3, 0.4) is 0 Å². The molecule has 0 unspecified atom stereocenters. The van der Waals surface area contributed by atoms with Gasteiger partial charge in [0.15, 0.2) is 0 Å². The molecule has 4 aromatic rings. The van der Waals surface area contributed by atoms with E-state index in [2.05, 4.69) is 15.2 Å². The Morgan fingerprint density at radius 3 is 2.11 bits per heavy atom. The lowest BCUT2D eigenvalue weighted by Crippen LogP contribution is -2.18. The third-order valence-corrected chi connectivity index (χ3v) is 6.67. The first-order chi connectivity index (χ1) is 17.8. The molecule has 37 heavy (non-hydrogen) atoms. The van der Waals surface area contributed by atoms with Crippen molar-refractivity contribution < 1.29 is 22.7 Å². The Morgan fingerprint density at radius 2 is 1.41 bits per heavy atom. The van der Waals surface area contributed by atoms with Crippen molar-refractivity contribution in [1.29, 1.82) is 0 Å². The molecule has 0 aliphatic rings. The van der Waals surface area contributed by atoms with Gasteiger partial charge in [-0.25, -0.2) is 18.6 Å². The highest BCUT2D eigenvalue weighted by Crippen LogP contribution is 2.19. The molecule has 0 radical (unpaired) electrons. The van der Waals surface area contributed by atoms with Gasteiger partial charge in [0, 0.05) is 21.8 Å². The summed E-state index contributed by atoms with van der Waals surface area (Å²) in [6, 6.07) is 26.8. The summed E-state index contributed by atoms with van der Waals surface area (Å²) in [6.07, 6.45) is 1.35. The van der Waals surface area contributed by atoms with Gasteiger partial charge in [0.1, 0.15) is 5.75 Å². The number of hydrogen-bond donors (Lipinski definition) is 2. The zero-order chi connectivity index (χ0) is 26.3. The fourth-order valence-electron chi connectivity index (χ4n) is 3.15. The fraction of sp³-hybridized carbons (Fsp3) is 0. The van der Waals surface area contributed by atoms with Gasteiger partial charge in [0.2, 0.25) is 0 Å². The summed E-state index contributed by atoms with van der Waals surface area (Å²) in [5.74, 6) is -0.815. The van der Waals surface area contributed by atoms with Crippen LogP contribution < -0.4 is 14.9 Å². The molecule has 0 aliphatic carbocycles. The average Bonchev–Trinajstić information content (AvgIpc) is 2.90. The number of carbonyl (C=O) groups is 2. The highest BCUT2D eigenvalue weighted by molar-refractivity contribution is 7.92. The van der Waals surface area contributed by atoms with Gasteiger partial charge in [-0.05, 0) is 72.8 Å². The van der Waals surface area contributed by atoms with Crippen LogP contribution in [0.2, 0.25) is 5.02 Å². The van der Waals surface area contributed by atoms with Crippen molar-refractivity contribution in [1.82, 2.24) is 5.43 Å². The van der Waals surface area contributed by atoms with Crippen molar-refractivity contribution in [3.63, 3.8) is 0 Å². The Labute approximate surface area is 218 Å². The monoisotopic (exact) mass is 533 g/mol. The van der Waals surface area contributed by atoms with Gasteiger partial charge in [-0.1, -0.05) is 41.9 Å². The number of benzene rings is 4. The van der Waals surface area contributed by atoms with Crippen LogP contribution in [0.4, 0.5) is 5.69 Å². The van der Waals surface area contributed by atoms with E-state index in [1.165, 1.54) is 42.6 Å². The van der Waals surface area contributed by atoms with Crippen LogP contribution in [0.1, 0.15) is 26.3 Å². The molecule has 8 nitrogen and oxygen atoms in total. The molecule has 4 aromatic carbocycles. The van der Waals surface area contributed by atoms with Crippen molar-refractivity contribution in [3.05, 3.63) is 125 Å². The normalized spacial score (nSPS) is 11.2. The summed E-state index contributed by atoms with van der Waals surface area (Å²) in [5, 5.41) is 4.45. The summed E-state index contributed by atoms with van der Waals surface area (Å²) < 4.78 is 32.8. The first-order valence-corrected chi connectivity index (χ1v) is 12.8. The molecule has 4 rings (SSSR count). The number of esters is 1. The first kappa shape index (κ1) is 25.6. The standard InChI is InChI=1S/C27H20ClN3O5S/c28-22-14-10-20(11-15-22)27(33)36-25-9-5-4-6-21(25)18-29-30-26(32)19-12-16-23(17-13-19)31-37(34,35)24-7-2-1-3-8-24/h1-18,31H,(H,30,32)/b29-18-. The fourth-order valence-corrected chi connectivity index (χ4v) is 4.36. The molecule has 10 heteroatoms. The van der Waals surface area contributed by atoms with Gasteiger partial charge in [-0.15, -0.1) is 0 Å². The van der Waals surface area contributed by atoms with E-state index < -0.39 is 21.9 Å². The number of hydrogen-bond acceptors (Lipinski definition) is 6. The third kappa shape index (κ3) is 6.81. The Hall–Kier alpha value is -4.47. The second kappa shape index (κ2) is 11.5. The van der Waals surface area contributed by atoms with Crippen LogP contribution in [0.15, 0.2) is 113 Å². The summed E-state index contributed by atoms with van der Waals surface area (Å²) in [6.45, 7) is 0. The van der Waals surface area contributed by atoms with Crippen LogP contribution in [-0.2, 0) is 10.0 Å². The number of carbonyl (C=O) groups excluding carboxylic acids is 2. The molecule has 0 bridgehead atoms. The minimum Gasteiger partial charge on any atom is -0.422 e. The molecule has 0 saturated carbocycles. The Kier molecular flexibility index (Phi) is 7.97. The molecule has 0 aromatic heterocycles. The number of amides is 1. The quantitative estimate of drug-likeness (QED) is 0.141. The maximum absolute atomic E-state index is 12.5. The third-order valence-electron chi connectivity index (χ3n) is 5.02. The highest BCUT2D eigenvalue weighted by Gasteiger charge is 2.14. The second-order valence-electron chi connectivity index (χ2n) is 7.63. The second-order valence-corrected chi connectivity index (χ2v) is 9.75. The van der Waals surface area contributed by atoms with Gasteiger partial charge in [0.05, 0.1) is 16.7 Å². The Bertz CT molecular complexity index is 1540. The predicted octanol–water partition coefficient (Wildman–Crippen LogP) is 5.12. The molecule has 0 saturated heterocycles. The van der Waals surface area contributed by atoms with Gasteiger partial charge >= 0.3 is 5.97 Å². The summed E-state index contributed by atoms with van der Waals surface area (Å²) in [4.78, 5) is 25.0.